The number of anilines is 4. The number of ether oxygens (including phenoxy) is 1. The standard InChI is InChI=1S/C29H38ClN7O3S/c1-16(2)15-41(38,39)28-24(14-37(36-28)20-5-6-20)33-27-22(30)13-32-29(35-27)34-23-11-17(3)25(19-7-9-31-10-8-19)21-12-18(4)40-26(21)23/h11,13-14,16,18-20,31H,5-10,12,15H2,1-4H3,(H2,32,33,34,35)/t18-/m1/s1. The Kier molecular flexibility index (Phi) is 7.63. The lowest BCUT2D eigenvalue weighted by Crippen LogP contribution is -2.27. The molecule has 1 aliphatic carbocycles. The zero-order valence-electron chi connectivity index (χ0n) is 24.0. The van der Waals surface area contributed by atoms with E-state index in [4.69, 9.17) is 16.3 Å². The normalized spacial score (nSPS) is 19.3. The second-order valence-corrected chi connectivity index (χ2v) is 14.4. The molecule has 3 aliphatic rings. The molecular weight excluding hydrogens is 562 g/mol. The Morgan fingerprint density at radius 1 is 1.17 bits per heavy atom. The van der Waals surface area contributed by atoms with Gasteiger partial charge in [-0.05, 0) is 81.6 Å². The van der Waals surface area contributed by atoms with E-state index in [1.54, 1.807) is 10.9 Å². The lowest BCUT2D eigenvalue weighted by atomic mass is 9.83. The second-order valence-electron chi connectivity index (χ2n) is 12.0. The fourth-order valence-electron chi connectivity index (χ4n) is 6.02. The molecule has 10 nitrogen and oxygen atoms in total. The number of nitrogens with zero attached hydrogens (tertiary/aromatic N) is 4. The predicted octanol–water partition coefficient (Wildman–Crippen LogP) is 5.68. The molecule has 1 saturated heterocycles. The molecule has 0 amide bonds. The first-order valence-corrected chi connectivity index (χ1v) is 16.5. The smallest absolute Gasteiger partial charge is 0.229 e. The number of halogens is 1. The van der Waals surface area contributed by atoms with E-state index in [0.29, 0.717) is 23.4 Å². The molecule has 0 radical (unpaired) electrons. The van der Waals surface area contributed by atoms with Gasteiger partial charge in [-0.25, -0.2) is 13.4 Å². The molecule has 0 bridgehead atoms. The van der Waals surface area contributed by atoms with Gasteiger partial charge in [-0.15, -0.1) is 0 Å². The van der Waals surface area contributed by atoms with E-state index in [2.05, 4.69) is 50.9 Å². The molecule has 6 rings (SSSR count). The van der Waals surface area contributed by atoms with Crippen molar-refractivity contribution in [1.82, 2.24) is 25.1 Å². The van der Waals surface area contributed by atoms with Crippen LogP contribution >= 0.6 is 11.6 Å². The molecule has 1 aromatic carbocycles. The highest BCUT2D eigenvalue weighted by Crippen LogP contribution is 2.45. The van der Waals surface area contributed by atoms with Crippen molar-refractivity contribution < 1.29 is 13.2 Å². The minimum absolute atomic E-state index is 0.00389. The third-order valence-corrected chi connectivity index (χ3v) is 10.2. The van der Waals surface area contributed by atoms with Crippen LogP contribution in [0.4, 0.5) is 23.1 Å². The summed E-state index contributed by atoms with van der Waals surface area (Å²) in [5, 5.41) is 14.7. The lowest BCUT2D eigenvalue weighted by Gasteiger charge is -2.27. The monoisotopic (exact) mass is 599 g/mol. The minimum Gasteiger partial charge on any atom is -0.488 e. The largest absolute Gasteiger partial charge is 0.488 e. The second kappa shape index (κ2) is 11.1. The van der Waals surface area contributed by atoms with Gasteiger partial charge in [0, 0.05) is 12.0 Å². The van der Waals surface area contributed by atoms with Crippen LogP contribution in [-0.2, 0) is 16.3 Å². The number of aryl methyl sites for hydroxylation is 1. The summed E-state index contributed by atoms with van der Waals surface area (Å²) >= 11 is 6.50. The first-order chi connectivity index (χ1) is 19.6. The fraction of sp³-hybridized carbons (Fsp3) is 0.552. The molecule has 2 aliphatic heterocycles. The first-order valence-electron chi connectivity index (χ1n) is 14.5. The van der Waals surface area contributed by atoms with E-state index in [1.165, 1.54) is 22.9 Å². The minimum atomic E-state index is -3.61. The Morgan fingerprint density at radius 3 is 2.63 bits per heavy atom. The molecule has 0 unspecified atom stereocenters. The molecule has 12 heteroatoms. The van der Waals surface area contributed by atoms with Crippen LogP contribution in [-0.4, -0.2) is 53.1 Å². The maximum absolute atomic E-state index is 13.2. The fourth-order valence-corrected chi connectivity index (χ4v) is 7.85. The molecule has 220 valence electrons. The van der Waals surface area contributed by atoms with Gasteiger partial charge < -0.3 is 20.7 Å². The molecule has 4 heterocycles. The van der Waals surface area contributed by atoms with Crippen molar-refractivity contribution >= 4 is 44.6 Å². The van der Waals surface area contributed by atoms with Gasteiger partial charge >= 0.3 is 0 Å². The van der Waals surface area contributed by atoms with E-state index in [0.717, 1.165) is 56.6 Å². The van der Waals surface area contributed by atoms with Crippen molar-refractivity contribution in [2.45, 2.75) is 82.9 Å². The van der Waals surface area contributed by atoms with E-state index in [-0.39, 0.29) is 33.9 Å². The van der Waals surface area contributed by atoms with Crippen molar-refractivity contribution in [3.8, 4) is 5.75 Å². The number of rotatable bonds is 9. The molecule has 1 saturated carbocycles. The summed E-state index contributed by atoms with van der Waals surface area (Å²) in [4.78, 5) is 9.06. The van der Waals surface area contributed by atoms with E-state index < -0.39 is 9.84 Å². The van der Waals surface area contributed by atoms with Crippen LogP contribution in [0.25, 0.3) is 0 Å². The average Bonchev–Trinajstić information content (AvgIpc) is 3.55. The number of sulfone groups is 1. The van der Waals surface area contributed by atoms with Crippen LogP contribution in [0.5, 0.6) is 5.75 Å². The number of benzene rings is 1. The van der Waals surface area contributed by atoms with Crippen LogP contribution in [0.3, 0.4) is 0 Å². The molecule has 0 spiro atoms. The summed E-state index contributed by atoms with van der Waals surface area (Å²) < 4.78 is 34.4. The third-order valence-electron chi connectivity index (χ3n) is 7.90. The third kappa shape index (κ3) is 5.89. The maximum atomic E-state index is 13.2. The summed E-state index contributed by atoms with van der Waals surface area (Å²) in [6, 6.07) is 2.34. The van der Waals surface area contributed by atoms with Crippen LogP contribution < -0.4 is 20.7 Å². The van der Waals surface area contributed by atoms with Crippen LogP contribution in [0.15, 0.2) is 23.5 Å². The summed E-state index contributed by atoms with van der Waals surface area (Å²) in [6.45, 7) is 10.1. The van der Waals surface area contributed by atoms with Gasteiger partial charge in [0.1, 0.15) is 16.9 Å². The van der Waals surface area contributed by atoms with E-state index in [1.807, 2.05) is 13.8 Å². The lowest BCUT2D eigenvalue weighted by molar-refractivity contribution is 0.256. The summed E-state index contributed by atoms with van der Waals surface area (Å²) in [5.41, 5.74) is 5.10. The first kappa shape index (κ1) is 28.2. The summed E-state index contributed by atoms with van der Waals surface area (Å²) in [7, 11) is -3.61. The number of nitrogens with one attached hydrogen (secondary N) is 3. The Balaban J connectivity index is 1.31. The van der Waals surface area contributed by atoms with Crippen molar-refractivity contribution in [3.05, 3.63) is 40.2 Å². The number of fused-ring (bicyclic) bond motifs is 1. The summed E-state index contributed by atoms with van der Waals surface area (Å²) in [5.74, 6) is 1.98. The van der Waals surface area contributed by atoms with Crippen molar-refractivity contribution in [3.63, 3.8) is 0 Å². The van der Waals surface area contributed by atoms with E-state index >= 15 is 0 Å². The number of hydrogen-bond acceptors (Lipinski definition) is 9. The highest BCUT2D eigenvalue weighted by atomic mass is 35.5. The number of aromatic nitrogens is 4. The topological polar surface area (TPSA) is 123 Å². The van der Waals surface area contributed by atoms with Gasteiger partial charge in [-0.1, -0.05) is 25.4 Å². The molecular formula is C29H38ClN7O3S. The van der Waals surface area contributed by atoms with Crippen molar-refractivity contribution in [2.75, 3.05) is 29.5 Å². The molecule has 2 fully saturated rings. The SMILES string of the molecule is Cc1cc(Nc2ncc(Cl)c(Nc3cn(C4CC4)nc3S(=O)(=O)CC(C)C)n2)c2c(c1C1CCNCC1)C[C@@H](C)O2. The van der Waals surface area contributed by atoms with E-state index in [9.17, 15) is 8.42 Å². The van der Waals surface area contributed by atoms with Gasteiger partial charge in [0.25, 0.3) is 0 Å². The molecule has 2 aromatic heterocycles. The Morgan fingerprint density at radius 2 is 1.93 bits per heavy atom. The maximum Gasteiger partial charge on any atom is 0.229 e. The zero-order chi connectivity index (χ0) is 28.9. The van der Waals surface area contributed by atoms with Gasteiger partial charge in [-0.3, -0.25) is 4.68 Å². The molecule has 3 aromatic rings. The molecule has 41 heavy (non-hydrogen) atoms. The van der Waals surface area contributed by atoms with Gasteiger partial charge in [0.05, 0.1) is 35.6 Å². The summed E-state index contributed by atoms with van der Waals surface area (Å²) in [6.07, 6.45) is 8.41. The highest BCUT2D eigenvalue weighted by molar-refractivity contribution is 7.91. The van der Waals surface area contributed by atoms with Crippen molar-refractivity contribution in [2.24, 2.45) is 5.92 Å². The average molecular weight is 600 g/mol. The van der Waals surface area contributed by atoms with Crippen LogP contribution in [0.1, 0.15) is 75.1 Å². The van der Waals surface area contributed by atoms with Gasteiger partial charge in [-0.2, -0.15) is 10.1 Å². The Labute approximate surface area is 246 Å². The quantitative estimate of drug-likeness (QED) is 0.285. The molecule has 3 N–H and O–H groups in total. The van der Waals surface area contributed by atoms with Crippen molar-refractivity contribution in [1.29, 1.82) is 0 Å². The van der Waals surface area contributed by atoms with Gasteiger partial charge in [0.15, 0.2) is 15.7 Å². The Hall–Kier alpha value is -2.89. The van der Waals surface area contributed by atoms with Crippen LogP contribution in [0, 0.1) is 12.8 Å². The number of hydrogen-bond donors (Lipinski definition) is 3. The van der Waals surface area contributed by atoms with Crippen LogP contribution in [0.2, 0.25) is 5.02 Å². The Bertz CT molecular complexity index is 1560. The predicted molar refractivity (Wildman–Crippen MR) is 161 cm³/mol. The molecule has 1 atom stereocenters. The zero-order valence-corrected chi connectivity index (χ0v) is 25.6. The van der Waals surface area contributed by atoms with Gasteiger partial charge in [0.2, 0.25) is 11.0 Å². The number of piperidine rings is 1. The highest BCUT2D eigenvalue weighted by Gasteiger charge is 2.32.